The minimum absolute atomic E-state index is 0.246. The first-order valence-electron chi connectivity index (χ1n) is 7.72. The standard InChI is InChI=1S/C16H22N4O2/c1-3-16(21)20-8-6-19(7-9-20)11-15-17-13-5-4-12(22-2)10-14(13)18-15/h4-5,10H,3,6-9,11H2,1-2H3,(H,17,18). The first-order valence-corrected chi connectivity index (χ1v) is 7.72. The molecule has 1 amide bonds. The number of aromatic amines is 1. The second-order valence-electron chi connectivity index (χ2n) is 5.58. The van der Waals surface area contributed by atoms with Crippen molar-refractivity contribution in [2.75, 3.05) is 33.3 Å². The van der Waals surface area contributed by atoms with Gasteiger partial charge in [0, 0.05) is 38.7 Å². The minimum atomic E-state index is 0.246. The van der Waals surface area contributed by atoms with Gasteiger partial charge in [0.1, 0.15) is 11.6 Å². The number of hydrogen-bond acceptors (Lipinski definition) is 4. The van der Waals surface area contributed by atoms with Crippen molar-refractivity contribution in [3.63, 3.8) is 0 Å². The van der Waals surface area contributed by atoms with Crippen molar-refractivity contribution in [1.82, 2.24) is 19.8 Å². The van der Waals surface area contributed by atoms with Crippen molar-refractivity contribution >= 4 is 16.9 Å². The largest absolute Gasteiger partial charge is 0.497 e. The number of imidazole rings is 1. The second kappa shape index (κ2) is 6.36. The predicted molar refractivity (Wildman–Crippen MR) is 84.8 cm³/mol. The number of amides is 1. The zero-order valence-electron chi connectivity index (χ0n) is 13.1. The molecule has 1 aliphatic rings. The van der Waals surface area contributed by atoms with Gasteiger partial charge < -0.3 is 14.6 Å². The highest BCUT2D eigenvalue weighted by Gasteiger charge is 2.20. The molecule has 0 radical (unpaired) electrons. The number of nitrogens with one attached hydrogen (secondary N) is 1. The molecular weight excluding hydrogens is 280 g/mol. The van der Waals surface area contributed by atoms with Crippen molar-refractivity contribution in [2.24, 2.45) is 0 Å². The van der Waals surface area contributed by atoms with Gasteiger partial charge in [-0.05, 0) is 12.1 Å². The number of methoxy groups -OCH3 is 1. The van der Waals surface area contributed by atoms with E-state index in [9.17, 15) is 4.79 Å². The molecule has 1 aromatic carbocycles. The van der Waals surface area contributed by atoms with Gasteiger partial charge in [0.15, 0.2) is 0 Å². The van der Waals surface area contributed by atoms with Gasteiger partial charge in [-0.2, -0.15) is 0 Å². The van der Waals surface area contributed by atoms with Crippen LogP contribution in [0.4, 0.5) is 0 Å². The molecule has 0 saturated carbocycles. The summed E-state index contributed by atoms with van der Waals surface area (Å²) in [5.41, 5.74) is 1.95. The molecule has 0 unspecified atom stereocenters. The van der Waals surface area contributed by atoms with Crippen molar-refractivity contribution in [3.8, 4) is 5.75 Å². The molecule has 2 aromatic rings. The molecule has 1 aliphatic heterocycles. The van der Waals surface area contributed by atoms with Crippen LogP contribution in [0.5, 0.6) is 5.75 Å². The molecule has 6 nitrogen and oxygen atoms in total. The normalized spacial score (nSPS) is 16.2. The molecule has 0 aliphatic carbocycles. The van der Waals surface area contributed by atoms with Crippen LogP contribution in [0.15, 0.2) is 18.2 Å². The van der Waals surface area contributed by atoms with Gasteiger partial charge in [0.05, 0.1) is 24.7 Å². The molecule has 1 aromatic heterocycles. The smallest absolute Gasteiger partial charge is 0.222 e. The number of nitrogens with zero attached hydrogens (tertiary/aromatic N) is 3. The maximum absolute atomic E-state index is 11.7. The van der Waals surface area contributed by atoms with Crippen LogP contribution in [0.3, 0.4) is 0 Å². The quantitative estimate of drug-likeness (QED) is 0.932. The van der Waals surface area contributed by atoms with Crippen LogP contribution in [-0.2, 0) is 11.3 Å². The highest BCUT2D eigenvalue weighted by Crippen LogP contribution is 2.19. The Morgan fingerprint density at radius 1 is 1.32 bits per heavy atom. The molecular formula is C16H22N4O2. The minimum Gasteiger partial charge on any atom is -0.497 e. The average Bonchev–Trinajstić information content (AvgIpc) is 2.95. The Labute approximate surface area is 130 Å². The van der Waals surface area contributed by atoms with Crippen LogP contribution in [0.2, 0.25) is 0 Å². The maximum Gasteiger partial charge on any atom is 0.222 e. The number of fused-ring (bicyclic) bond motifs is 1. The van der Waals surface area contributed by atoms with E-state index in [4.69, 9.17) is 4.74 Å². The number of benzene rings is 1. The number of aromatic nitrogens is 2. The Balaban J connectivity index is 1.63. The van der Waals surface area contributed by atoms with Gasteiger partial charge in [-0.3, -0.25) is 9.69 Å². The molecule has 118 valence electrons. The van der Waals surface area contributed by atoms with Crippen molar-refractivity contribution in [2.45, 2.75) is 19.9 Å². The second-order valence-corrected chi connectivity index (χ2v) is 5.58. The number of ether oxygens (including phenoxy) is 1. The van der Waals surface area contributed by atoms with E-state index in [-0.39, 0.29) is 5.91 Å². The van der Waals surface area contributed by atoms with Crippen LogP contribution < -0.4 is 4.74 Å². The van der Waals surface area contributed by atoms with Crippen LogP contribution in [0.25, 0.3) is 11.0 Å². The Kier molecular flexibility index (Phi) is 4.29. The number of H-pyrrole nitrogens is 1. The molecule has 22 heavy (non-hydrogen) atoms. The van der Waals surface area contributed by atoms with Crippen LogP contribution in [-0.4, -0.2) is 59.0 Å². The Bertz CT molecular complexity index is 659. The van der Waals surface area contributed by atoms with Gasteiger partial charge in [-0.15, -0.1) is 0 Å². The monoisotopic (exact) mass is 302 g/mol. The van der Waals surface area contributed by atoms with E-state index in [2.05, 4.69) is 14.9 Å². The first-order chi connectivity index (χ1) is 10.7. The van der Waals surface area contributed by atoms with Gasteiger partial charge in [0.25, 0.3) is 0 Å². The van der Waals surface area contributed by atoms with Crippen molar-refractivity contribution in [1.29, 1.82) is 0 Å². The topological polar surface area (TPSA) is 61.5 Å². The van der Waals surface area contributed by atoms with Crippen LogP contribution >= 0.6 is 0 Å². The lowest BCUT2D eigenvalue weighted by Gasteiger charge is -2.34. The zero-order chi connectivity index (χ0) is 15.5. The first kappa shape index (κ1) is 14.8. The van der Waals surface area contributed by atoms with Gasteiger partial charge in [0.2, 0.25) is 5.91 Å². The number of rotatable bonds is 4. The highest BCUT2D eigenvalue weighted by atomic mass is 16.5. The SMILES string of the molecule is CCC(=O)N1CCN(Cc2nc3ccc(OC)cc3[nH]2)CC1. The number of carbonyl (C=O) groups excluding carboxylic acids is 1. The molecule has 0 bridgehead atoms. The summed E-state index contributed by atoms with van der Waals surface area (Å²) in [5, 5.41) is 0. The Morgan fingerprint density at radius 2 is 2.09 bits per heavy atom. The van der Waals surface area contributed by atoms with Crippen LogP contribution in [0, 0.1) is 0 Å². The number of carbonyl (C=O) groups is 1. The van der Waals surface area contributed by atoms with E-state index in [1.807, 2.05) is 30.0 Å². The van der Waals surface area contributed by atoms with Crippen molar-refractivity contribution in [3.05, 3.63) is 24.0 Å². The van der Waals surface area contributed by atoms with Gasteiger partial charge >= 0.3 is 0 Å². The van der Waals surface area contributed by atoms with Gasteiger partial charge in [-0.1, -0.05) is 6.92 Å². The van der Waals surface area contributed by atoms with E-state index >= 15 is 0 Å². The van der Waals surface area contributed by atoms with Crippen molar-refractivity contribution < 1.29 is 9.53 Å². The third kappa shape index (κ3) is 3.06. The van der Waals surface area contributed by atoms with E-state index in [0.29, 0.717) is 6.42 Å². The Morgan fingerprint density at radius 3 is 2.77 bits per heavy atom. The fraction of sp³-hybridized carbons (Fsp3) is 0.500. The number of piperazine rings is 1. The summed E-state index contributed by atoms with van der Waals surface area (Å²) in [5.74, 6) is 2.03. The molecule has 0 atom stereocenters. The molecule has 0 spiro atoms. The zero-order valence-corrected chi connectivity index (χ0v) is 13.1. The number of hydrogen-bond donors (Lipinski definition) is 1. The summed E-state index contributed by atoms with van der Waals surface area (Å²) >= 11 is 0. The summed E-state index contributed by atoms with van der Waals surface area (Å²) in [6, 6.07) is 5.85. The summed E-state index contributed by atoms with van der Waals surface area (Å²) in [6.07, 6.45) is 0.589. The highest BCUT2D eigenvalue weighted by molar-refractivity contribution is 5.77. The fourth-order valence-corrected chi connectivity index (χ4v) is 2.83. The summed E-state index contributed by atoms with van der Waals surface area (Å²) in [7, 11) is 1.66. The van der Waals surface area contributed by atoms with Crippen LogP contribution in [0.1, 0.15) is 19.2 Å². The molecule has 3 rings (SSSR count). The summed E-state index contributed by atoms with van der Waals surface area (Å²) in [6.45, 7) is 6.10. The molecule has 6 heteroatoms. The lowest BCUT2D eigenvalue weighted by molar-refractivity contribution is -0.132. The third-order valence-corrected chi connectivity index (χ3v) is 4.14. The lowest BCUT2D eigenvalue weighted by atomic mass is 10.3. The summed E-state index contributed by atoms with van der Waals surface area (Å²) in [4.78, 5) is 23.9. The summed E-state index contributed by atoms with van der Waals surface area (Å²) < 4.78 is 5.23. The molecule has 2 heterocycles. The third-order valence-electron chi connectivity index (χ3n) is 4.14. The van der Waals surface area contributed by atoms with E-state index in [1.54, 1.807) is 7.11 Å². The van der Waals surface area contributed by atoms with Gasteiger partial charge in [-0.25, -0.2) is 4.98 Å². The molecule has 1 fully saturated rings. The molecule has 1 N–H and O–H groups in total. The average molecular weight is 302 g/mol. The molecule has 1 saturated heterocycles. The lowest BCUT2D eigenvalue weighted by Crippen LogP contribution is -2.48. The maximum atomic E-state index is 11.7. The van der Waals surface area contributed by atoms with E-state index in [1.165, 1.54) is 0 Å². The van der Waals surface area contributed by atoms with E-state index in [0.717, 1.165) is 55.3 Å². The fourth-order valence-electron chi connectivity index (χ4n) is 2.83. The van der Waals surface area contributed by atoms with E-state index < -0.39 is 0 Å². The predicted octanol–water partition coefficient (Wildman–Crippen LogP) is 1.63. The Hall–Kier alpha value is -2.08.